The maximum Gasteiger partial charge on any atom is 0.214 e. The van der Waals surface area contributed by atoms with Gasteiger partial charge in [-0.1, -0.05) is 6.42 Å². The number of sulfonamides is 1. The molecule has 0 atom stereocenters. The molecule has 15 heavy (non-hydrogen) atoms. The van der Waals surface area contributed by atoms with Gasteiger partial charge in [0.15, 0.2) is 0 Å². The maximum atomic E-state index is 12.0. The lowest BCUT2D eigenvalue weighted by Crippen LogP contribution is -2.45. The number of hydrogen-bond acceptors (Lipinski definition) is 3. The van der Waals surface area contributed by atoms with Crippen LogP contribution in [0, 0.1) is 5.92 Å². The molecule has 2 N–H and O–H groups in total. The molecular weight excluding hydrogens is 212 g/mol. The van der Waals surface area contributed by atoms with Crippen LogP contribution in [0.3, 0.4) is 0 Å². The van der Waals surface area contributed by atoms with Gasteiger partial charge >= 0.3 is 0 Å². The summed E-state index contributed by atoms with van der Waals surface area (Å²) in [6, 6.07) is 0.195. The molecule has 4 nitrogen and oxygen atoms in total. The molecule has 5 heteroatoms. The molecule has 2 rings (SSSR count). The van der Waals surface area contributed by atoms with E-state index in [-0.39, 0.29) is 6.04 Å². The Bertz CT molecular complexity index is 303. The van der Waals surface area contributed by atoms with Crippen LogP contribution in [0.15, 0.2) is 0 Å². The van der Waals surface area contributed by atoms with Crippen LogP contribution >= 0.6 is 0 Å². The second-order valence-corrected chi connectivity index (χ2v) is 6.83. The Morgan fingerprint density at radius 1 is 1.13 bits per heavy atom. The molecular formula is C10H20N2O2S. The van der Waals surface area contributed by atoms with Crippen molar-refractivity contribution in [3.05, 3.63) is 0 Å². The lowest BCUT2D eigenvalue weighted by atomic mass is 9.87. The second kappa shape index (κ2) is 4.39. The van der Waals surface area contributed by atoms with Gasteiger partial charge in [-0.2, -0.15) is 0 Å². The summed E-state index contributed by atoms with van der Waals surface area (Å²) in [6.45, 7) is 1.24. The first-order valence-corrected chi connectivity index (χ1v) is 7.42. The van der Waals surface area contributed by atoms with Crippen LogP contribution in [0.5, 0.6) is 0 Å². The van der Waals surface area contributed by atoms with Gasteiger partial charge in [0, 0.05) is 19.1 Å². The predicted octanol–water partition coefficient (Wildman–Crippen LogP) is 0.539. The van der Waals surface area contributed by atoms with E-state index in [9.17, 15) is 8.42 Å². The Labute approximate surface area is 91.9 Å². The van der Waals surface area contributed by atoms with Crippen molar-refractivity contribution in [1.82, 2.24) is 4.31 Å². The zero-order chi connectivity index (χ0) is 10.9. The van der Waals surface area contributed by atoms with E-state index >= 15 is 0 Å². The van der Waals surface area contributed by atoms with Crippen LogP contribution < -0.4 is 5.73 Å². The summed E-state index contributed by atoms with van der Waals surface area (Å²) in [6.07, 6.45) is 5.00. The van der Waals surface area contributed by atoms with Crippen LogP contribution in [0.1, 0.15) is 32.1 Å². The van der Waals surface area contributed by atoms with Gasteiger partial charge in [0.2, 0.25) is 10.0 Å². The highest BCUT2D eigenvalue weighted by atomic mass is 32.2. The standard InChI is InChI=1S/C10H20N2O2S/c11-10-4-6-12(7-5-10)15(13,14)8-9-2-1-3-9/h9-10H,1-8,11H2. The molecule has 0 amide bonds. The first kappa shape index (κ1) is 11.4. The Morgan fingerprint density at radius 2 is 1.73 bits per heavy atom. The van der Waals surface area contributed by atoms with Crippen molar-refractivity contribution in [3.8, 4) is 0 Å². The molecule has 0 aromatic heterocycles. The molecule has 1 heterocycles. The van der Waals surface area contributed by atoms with Gasteiger partial charge in [0.05, 0.1) is 5.75 Å². The summed E-state index contributed by atoms with van der Waals surface area (Å²) < 4.78 is 25.6. The molecule has 1 saturated heterocycles. The first-order chi connectivity index (χ1) is 7.08. The molecule has 2 aliphatic rings. The average Bonchev–Trinajstić information content (AvgIpc) is 2.13. The molecule has 0 spiro atoms. The topological polar surface area (TPSA) is 63.4 Å². The molecule has 1 saturated carbocycles. The summed E-state index contributed by atoms with van der Waals surface area (Å²) in [4.78, 5) is 0. The van der Waals surface area contributed by atoms with Gasteiger partial charge in [-0.05, 0) is 31.6 Å². The fraction of sp³-hybridized carbons (Fsp3) is 1.00. The average molecular weight is 232 g/mol. The van der Waals surface area contributed by atoms with Crippen molar-refractivity contribution in [2.24, 2.45) is 11.7 Å². The Morgan fingerprint density at radius 3 is 2.20 bits per heavy atom. The summed E-state index contributed by atoms with van der Waals surface area (Å²) in [5.74, 6) is 0.785. The van der Waals surface area contributed by atoms with E-state index in [0.717, 1.165) is 25.7 Å². The van der Waals surface area contributed by atoms with E-state index in [2.05, 4.69) is 0 Å². The van der Waals surface area contributed by atoms with E-state index in [4.69, 9.17) is 5.73 Å². The van der Waals surface area contributed by atoms with Crippen LogP contribution in [0.25, 0.3) is 0 Å². The van der Waals surface area contributed by atoms with E-state index in [1.165, 1.54) is 6.42 Å². The van der Waals surface area contributed by atoms with Crippen LogP contribution in [-0.4, -0.2) is 37.6 Å². The van der Waals surface area contributed by atoms with E-state index in [1.807, 2.05) is 0 Å². The monoisotopic (exact) mass is 232 g/mol. The molecule has 2 fully saturated rings. The van der Waals surface area contributed by atoms with Gasteiger partial charge in [0.1, 0.15) is 0 Å². The van der Waals surface area contributed by atoms with E-state index in [0.29, 0.717) is 24.8 Å². The second-order valence-electron chi connectivity index (χ2n) is 4.81. The Hall–Kier alpha value is -0.130. The summed E-state index contributed by atoms with van der Waals surface area (Å²) in [5, 5.41) is 0. The highest BCUT2D eigenvalue weighted by molar-refractivity contribution is 7.89. The summed E-state index contributed by atoms with van der Waals surface area (Å²) in [7, 11) is -2.99. The molecule has 0 bridgehead atoms. The predicted molar refractivity (Wildman–Crippen MR) is 59.9 cm³/mol. The molecule has 0 aromatic rings. The van der Waals surface area contributed by atoms with Crippen molar-refractivity contribution in [3.63, 3.8) is 0 Å². The number of nitrogens with two attached hydrogens (primary N) is 1. The van der Waals surface area contributed by atoms with Crippen molar-refractivity contribution in [2.45, 2.75) is 38.1 Å². The van der Waals surface area contributed by atoms with Crippen LogP contribution in [0.4, 0.5) is 0 Å². The third-order valence-corrected chi connectivity index (χ3v) is 5.61. The molecule has 0 unspecified atom stereocenters. The van der Waals surface area contributed by atoms with E-state index < -0.39 is 10.0 Å². The highest BCUT2D eigenvalue weighted by Crippen LogP contribution is 2.29. The van der Waals surface area contributed by atoms with Gasteiger partial charge in [0.25, 0.3) is 0 Å². The fourth-order valence-electron chi connectivity index (χ4n) is 2.22. The maximum absolute atomic E-state index is 12.0. The quantitative estimate of drug-likeness (QED) is 0.772. The summed E-state index contributed by atoms with van der Waals surface area (Å²) >= 11 is 0. The largest absolute Gasteiger partial charge is 0.328 e. The lowest BCUT2D eigenvalue weighted by molar-refractivity contribution is 0.303. The third-order valence-electron chi connectivity index (χ3n) is 3.56. The zero-order valence-corrected chi connectivity index (χ0v) is 9.88. The SMILES string of the molecule is NC1CCN(S(=O)(=O)CC2CCC2)CC1. The number of hydrogen-bond donors (Lipinski definition) is 1. The number of piperidine rings is 1. The van der Waals surface area contributed by atoms with E-state index in [1.54, 1.807) is 4.31 Å². The fourth-order valence-corrected chi connectivity index (χ4v) is 4.12. The molecule has 0 radical (unpaired) electrons. The highest BCUT2D eigenvalue weighted by Gasteiger charge is 2.31. The van der Waals surface area contributed by atoms with Crippen LogP contribution in [-0.2, 0) is 10.0 Å². The smallest absolute Gasteiger partial charge is 0.214 e. The van der Waals surface area contributed by atoms with Gasteiger partial charge < -0.3 is 5.73 Å². The first-order valence-electron chi connectivity index (χ1n) is 5.81. The number of nitrogens with zero attached hydrogens (tertiary/aromatic N) is 1. The van der Waals surface area contributed by atoms with Crippen molar-refractivity contribution >= 4 is 10.0 Å². The van der Waals surface area contributed by atoms with Crippen molar-refractivity contribution in [1.29, 1.82) is 0 Å². The minimum atomic E-state index is -2.99. The lowest BCUT2D eigenvalue weighted by Gasteiger charge is -2.32. The van der Waals surface area contributed by atoms with Crippen molar-refractivity contribution < 1.29 is 8.42 Å². The minimum Gasteiger partial charge on any atom is -0.328 e. The van der Waals surface area contributed by atoms with Crippen molar-refractivity contribution in [2.75, 3.05) is 18.8 Å². The molecule has 1 aliphatic carbocycles. The van der Waals surface area contributed by atoms with Gasteiger partial charge in [-0.3, -0.25) is 0 Å². The molecule has 1 aliphatic heterocycles. The Kier molecular flexibility index (Phi) is 3.33. The normalized spacial score (nSPS) is 26.5. The van der Waals surface area contributed by atoms with Crippen LogP contribution in [0.2, 0.25) is 0 Å². The Balaban J connectivity index is 1.90. The summed E-state index contributed by atoms with van der Waals surface area (Å²) in [5.41, 5.74) is 5.76. The third kappa shape index (κ3) is 2.71. The zero-order valence-electron chi connectivity index (χ0n) is 9.06. The minimum absolute atomic E-state index is 0.195. The molecule has 88 valence electrons. The van der Waals surface area contributed by atoms with Gasteiger partial charge in [-0.15, -0.1) is 0 Å². The number of rotatable bonds is 3. The van der Waals surface area contributed by atoms with Gasteiger partial charge in [-0.25, -0.2) is 12.7 Å². The molecule has 0 aromatic carbocycles.